The average molecular weight is 290 g/mol. The summed E-state index contributed by atoms with van der Waals surface area (Å²) < 4.78 is 22.7. The Balaban J connectivity index is 3.02. The summed E-state index contributed by atoms with van der Waals surface area (Å²) in [6.45, 7) is 1.29. The lowest BCUT2D eigenvalue weighted by Gasteiger charge is -2.08. The highest BCUT2D eigenvalue weighted by Crippen LogP contribution is 2.25. The number of amides is 1. The van der Waals surface area contributed by atoms with Gasteiger partial charge in [0.2, 0.25) is 5.91 Å². The molecule has 0 aliphatic carbocycles. The number of rotatable bonds is 4. The van der Waals surface area contributed by atoms with Crippen molar-refractivity contribution in [2.45, 2.75) is 18.2 Å². The zero-order chi connectivity index (χ0) is 13.9. The van der Waals surface area contributed by atoms with E-state index in [1.807, 2.05) is 0 Å². The minimum atomic E-state index is -3.38. The number of ketones is 1. The summed E-state index contributed by atoms with van der Waals surface area (Å²) in [6, 6.07) is 3.98. The Bertz CT molecular complexity index is 595. The van der Waals surface area contributed by atoms with E-state index in [4.69, 9.17) is 11.6 Å². The van der Waals surface area contributed by atoms with Crippen molar-refractivity contribution in [1.82, 2.24) is 0 Å². The first-order chi connectivity index (χ1) is 8.20. The molecule has 5 nitrogen and oxygen atoms in total. The van der Waals surface area contributed by atoms with Gasteiger partial charge in [0.1, 0.15) is 5.78 Å². The molecule has 1 amide bonds. The van der Waals surface area contributed by atoms with Crippen LogP contribution in [-0.2, 0) is 19.4 Å². The summed E-state index contributed by atoms with van der Waals surface area (Å²) in [5, 5.41) is 2.61. The fourth-order valence-electron chi connectivity index (χ4n) is 1.25. The number of hydrogen-bond acceptors (Lipinski definition) is 4. The molecule has 0 spiro atoms. The third kappa shape index (κ3) is 4.12. The molecule has 0 saturated heterocycles. The Morgan fingerprint density at radius 1 is 1.33 bits per heavy atom. The van der Waals surface area contributed by atoms with E-state index in [0.717, 1.165) is 6.26 Å². The standard InChI is InChI=1S/C11H12ClNO4S/c1-7(14)5-11(15)13-10-6-8(18(2,16)17)3-4-9(10)12/h3-4,6H,5H2,1-2H3,(H,13,15). The van der Waals surface area contributed by atoms with Crippen LogP contribution in [0.15, 0.2) is 23.1 Å². The van der Waals surface area contributed by atoms with E-state index in [9.17, 15) is 18.0 Å². The van der Waals surface area contributed by atoms with Crippen LogP contribution >= 0.6 is 11.6 Å². The van der Waals surface area contributed by atoms with Crippen molar-refractivity contribution < 1.29 is 18.0 Å². The first-order valence-electron chi connectivity index (χ1n) is 4.99. The number of sulfone groups is 1. The van der Waals surface area contributed by atoms with Crippen LogP contribution in [-0.4, -0.2) is 26.4 Å². The zero-order valence-electron chi connectivity index (χ0n) is 9.86. The van der Waals surface area contributed by atoms with E-state index < -0.39 is 15.7 Å². The predicted molar refractivity (Wildman–Crippen MR) is 68.5 cm³/mol. The summed E-state index contributed by atoms with van der Waals surface area (Å²) in [6.07, 6.45) is 0.775. The SMILES string of the molecule is CC(=O)CC(=O)Nc1cc(S(C)(=O)=O)ccc1Cl. The molecule has 0 aliphatic rings. The van der Waals surface area contributed by atoms with Gasteiger partial charge in [-0.05, 0) is 25.1 Å². The van der Waals surface area contributed by atoms with E-state index in [0.29, 0.717) is 0 Å². The fourth-order valence-corrected chi connectivity index (χ4v) is 2.06. The number of anilines is 1. The molecule has 7 heteroatoms. The molecule has 1 N–H and O–H groups in total. The normalized spacial score (nSPS) is 11.1. The van der Waals surface area contributed by atoms with Crippen LogP contribution in [0.3, 0.4) is 0 Å². The van der Waals surface area contributed by atoms with Gasteiger partial charge in [-0.1, -0.05) is 11.6 Å². The molecule has 0 aliphatic heterocycles. The lowest BCUT2D eigenvalue weighted by atomic mass is 10.2. The van der Waals surface area contributed by atoms with E-state index in [2.05, 4.69) is 5.32 Å². The van der Waals surface area contributed by atoms with Gasteiger partial charge in [0.15, 0.2) is 9.84 Å². The summed E-state index contributed by atoms with van der Waals surface area (Å²) >= 11 is 5.83. The van der Waals surface area contributed by atoms with Crippen LogP contribution in [0.25, 0.3) is 0 Å². The van der Waals surface area contributed by atoms with Crippen molar-refractivity contribution in [3.05, 3.63) is 23.2 Å². The van der Waals surface area contributed by atoms with Crippen molar-refractivity contribution in [1.29, 1.82) is 0 Å². The summed E-state index contributed by atoms with van der Waals surface area (Å²) in [5.74, 6) is -0.821. The minimum absolute atomic E-state index is 0.0463. The first-order valence-corrected chi connectivity index (χ1v) is 7.26. The molecule has 0 radical (unpaired) electrons. The molecular formula is C11H12ClNO4S. The Kier molecular flexibility index (Phi) is 4.48. The lowest BCUT2D eigenvalue weighted by Crippen LogP contribution is -2.15. The van der Waals surface area contributed by atoms with E-state index >= 15 is 0 Å². The molecule has 1 aromatic carbocycles. The number of carbonyl (C=O) groups is 2. The van der Waals surface area contributed by atoms with Crippen LogP contribution in [0.4, 0.5) is 5.69 Å². The highest BCUT2D eigenvalue weighted by Gasteiger charge is 2.12. The fraction of sp³-hybridized carbons (Fsp3) is 0.273. The van der Waals surface area contributed by atoms with Crippen LogP contribution in [0.5, 0.6) is 0 Å². The van der Waals surface area contributed by atoms with Crippen molar-refractivity contribution in [3.8, 4) is 0 Å². The number of nitrogens with one attached hydrogen (secondary N) is 1. The molecule has 1 aromatic rings. The average Bonchev–Trinajstić information content (AvgIpc) is 2.18. The third-order valence-corrected chi connectivity index (χ3v) is 3.49. The van der Waals surface area contributed by atoms with Crippen LogP contribution in [0.1, 0.15) is 13.3 Å². The largest absolute Gasteiger partial charge is 0.324 e. The molecule has 0 bridgehead atoms. The Morgan fingerprint density at radius 2 is 1.94 bits per heavy atom. The molecule has 0 unspecified atom stereocenters. The Morgan fingerprint density at radius 3 is 2.44 bits per heavy atom. The van der Waals surface area contributed by atoms with Gasteiger partial charge >= 0.3 is 0 Å². The van der Waals surface area contributed by atoms with Gasteiger partial charge in [-0.25, -0.2) is 8.42 Å². The van der Waals surface area contributed by atoms with E-state index in [1.165, 1.54) is 25.1 Å². The van der Waals surface area contributed by atoms with Crippen LogP contribution in [0.2, 0.25) is 5.02 Å². The smallest absolute Gasteiger partial charge is 0.231 e. The van der Waals surface area contributed by atoms with Crippen molar-refractivity contribution in [2.75, 3.05) is 11.6 Å². The Labute approximate surface area is 110 Å². The number of carbonyl (C=O) groups excluding carboxylic acids is 2. The second kappa shape index (κ2) is 5.49. The molecule has 98 valence electrons. The Hall–Kier alpha value is -1.40. The van der Waals surface area contributed by atoms with Crippen molar-refractivity contribution >= 4 is 38.8 Å². The second-order valence-corrected chi connectivity index (χ2v) is 6.26. The van der Waals surface area contributed by atoms with E-state index in [-0.39, 0.29) is 27.8 Å². The molecule has 1 rings (SSSR count). The molecule has 18 heavy (non-hydrogen) atoms. The molecule has 0 aromatic heterocycles. The van der Waals surface area contributed by atoms with Crippen molar-refractivity contribution in [3.63, 3.8) is 0 Å². The number of benzene rings is 1. The zero-order valence-corrected chi connectivity index (χ0v) is 11.4. The maximum atomic E-state index is 11.4. The van der Waals surface area contributed by atoms with Crippen LogP contribution in [0, 0.1) is 0 Å². The summed E-state index contributed by atoms with van der Waals surface area (Å²) in [4.78, 5) is 22.2. The number of Topliss-reactive ketones (excluding diaryl/α,β-unsaturated/α-hetero) is 1. The molecule has 0 saturated carbocycles. The highest BCUT2D eigenvalue weighted by molar-refractivity contribution is 7.90. The number of hydrogen-bond donors (Lipinski definition) is 1. The maximum absolute atomic E-state index is 11.4. The maximum Gasteiger partial charge on any atom is 0.231 e. The van der Waals surface area contributed by atoms with E-state index in [1.54, 1.807) is 0 Å². The highest BCUT2D eigenvalue weighted by atomic mass is 35.5. The number of halogens is 1. The van der Waals surface area contributed by atoms with Crippen molar-refractivity contribution in [2.24, 2.45) is 0 Å². The topological polar surface area (TPSA) is 80.3 Å². The van der Waals surface area contributed by atoms with Gasteiger partial charge in [0.25, 0.3) is 0 Å². The lowest BCUT2D eigenvalue weighted by molar-refractivity contribution is -0.124. The summed E-state index contributed by atoms with van der Waals surface area (Å²) in [5.41, 5.74) is 0.172. The minimum Gasteiger partial charge on any atom is -0.324 e. The van der Waals surface area contributed by atoms with Gasteiger partial charge in [0.05, 0.1) is 22.0 Å². The molecular weight excluding hydrogens is 278 g/mol. The van der Waals surface area contributed by atoms with Gasteiger partial charge in [-0.2, -0.15) is 0 Å². The van der Waals surface area contributed by atoms with Gasteiger partial charge < -0.3 is 5.32 Å². The third-order valence-electron chi connectivity index (χ3n) is 2.05. The van der Waals surface area contributed by atoms with Gasteiger partial charge in [0, 0.05) is 6.26 Å². The quantitative estimate of drug-likeness (QED) is 0.855. The van der Waals surface area contributed by atoms with Crippen LogP contribution < -0.4 is 5.32 Å². The monoisotopic (exact) mass is 289 g/mol. The first kappa shape index (κ1) is 14.7. The predicted octanol–water partition coefficient (Wildman–Crippen LogP) is 1.66. The molecule has 0 atom stereocenters. The molecule has 0 fully saturated rings. The second-order valence-electron chi connectivity index (χ2n) is 3.84. The molecule has 0 heterocycles. The van der Waals surface area contributed by atoms with Gasteiger partial charge in [-0.15, -0.1) is 0 Å². The van der Waals surface area contributed by atoms with Gasteiger partial charge in [-0.3, -0.25) is 9.59 Å². The summed E-state index contributed by atoms with van der Waals surface area (Å²) in [7, 11) is -3.38.